The first-order chi connectivity index (χ1) is 6.74. The van der Waals surface area contributed by atoms with E-state index in [-0.39, 0.29) is 6.61 Å². The third-order valence-corrected chi connectivity index (χ3v) is 3.03. The van der Waals surface area contributed by atoms with Gasteiger partial charge in [-0.2, -0.15) is 11.3 Å². The second-order valence-corrected chi connectivity index (χ2v) is 4.55. The minimum absolute atomic E-state index is 0.285. The highest BCUT2D eigenvalue weighted by atomic mass is 32.1. The fourth-order valence-electron chi connectivity index (χ4n) is 1.41. The van der Waals surface area contributed by atoms with Gasteiger partial charge in [0.25, 0.3) is 0 Å². The van der Waals surface area contributed by atoms with Gasteiger partial charge in [-0.1, -0.05) is 0 Å². The Labute approximate surface area is 90.2 Å². The second-order valence-electron chi connectivity index (χ2n) is 3.77. The molecular weight excluding hydrogens is 194 g/mol. The van der Waals surface area contributed by atoms with Crippen LogP contribution in [0.2, 0.25) is 0 Å². The van der Waals surface area contributed by atoms with Crippen molar-refractivity contribution in [2.24, 2.45) is 0 Å². The van der Waals surface area contributed by atoms with E-state index in [2.05, 4.69) is 35.6 Å². The number of hydrogen-bond acceptors (Lipinski definition) is 3. The van der Waals surface area contributed by atoms with Crippen LogP contribution in [-0.2, 0) is 6.54 Å². The van der Waals surface area contributed by atoms with E-state index in [1.807, 2.05) is 0 Å². The van der Waals surface area contributed by atoms with E-state index in [0.717, 1.165) is 19.5 Å². The van der Waals surface area contributed by atoms with Crippen molar-refractivity contribution in [1.82, 2.24) is 4.90 Å². The molecule has 1 heterocycles. The van der Waals surface area contributed by atoms with Gasteiger partial charge in [0.15, 0.2) is 0 Å². The number of hydrogen-bond donors (Lipinski definition) is 1. The number of rotatable bonds is 6. The third-order valence-electron chi connectivity index (χ3n) is 2.30. The van der Waals surface area contributed by atoms with Crippen molar-refractivity contribution in [3.05, 3.63) is 22.4 Å². The molecule has 1 rings (SSSR count). The fourth-order valence-corrected chi connectivity index (χ4v) is 2.07. The molecule has 0 radical (unpaired) electrons. The second kappa shape index (κ2) is 6.17. The zero-order chi connectivity index (χ0) is 10.4. The van der Waals surface area contributed by atoms with Gasteiger partial charge in [0, 0.05) is 25.7 Å². The van der Waals surface area contributed by atoms with Crippen molar-refractivity contribution in [1.29, 1.82) is 0 Å². The van der Waals surface area contributed by atoms with Crippen molar-refractivity contribution in [2.45, 2.75) is 32.9 Å². The molecule has 0 aromatic carbocycles. The summed E-state index contributed by atoms with van der Waals surface area (Å²) in [6.45, 7) is 6.66. The first-order valence-electron chi connectivity index (χ1n) is 5.10. The van der Waals surface area contributed by atoms with Crippen molar-refractivity contribution in [3.63, 3.8) is 0 Å². The van der Waals surface area contributed by atoms with E-state index < -0.39 is 0 Å². The SMILES string of the molecule is CC(C)N(CCCO)Cc1ccsc1. The van der Waals surface area contributed by atoms with Crippen LogP contribution >= 0.6 is 11.3 Å². The van der Waals surface area contributed by atoms with Crippen LogP contribution in [0.5, 0.6) is 0 Å². The average Bonchev–Trinajstić information content (AvgIpc) is 2.64. The van der Waals surface area contributed by atoms with Crippen LogP contribution in [0.3, 0.4) is 0 Å². The Morgan fingerprint density at radius 1 is 1.50 bits per heavy atom. The zero-order valence-electron chi connectivity index (χ0n) is 8.94. The number of thiophene rings is 1. The molecule has 0 saturated heterocycles. The molecule has 0 fully saturated rings. The highest BCUT2D eigenvalue weighted by Gasteiger charge is 2.09. The maximum atomic E-state index is 8.80. The summed E-state index contributed by atoms with van der Waals surface area (Å²) in [6.07, 6.45) is 0.863. The summed E-state index contributed by atoms with van der Waals surface area (Å²) in [5.41, 5.74) is 1.38. The van der Waals surface area contributed by atoms with Crippen molar-refractivity contribution in [3.8, 4) is 0 Å². The Balaban J connectivity index is 2.43. The highest BCUT2D eigenvalue weighted by molar-refractivity contribution is 7.07. The quantitative estimate of drug-likeness (QED) is 0.784. The minimum atomic E-state index is 0.285. The summed E-state index contributed by atoms with van der Waals surface area (Å²) in [5.74, 6) is 0. The normalized spacial score (nSPS) is 11.5. The molecule has 0 spiro atoms. The number of nitrogens with zero attached hydrogens (tertiary/aromatic N) is 1. The molecule has 1 aromatic heterocycles. The molecule has 0 atom stereocenters. The van der Waals surface area contributed by atoms with Gasteiger partial charge in [-0.3, -0.25) is 4.90 Å². The maximum absolute atomic E-state index is 8.80. The van der Waals surface area contributed by atoms with Gasteiger partial charge in [0.1, 0.15) is 0 Å². The van der Waals surface area contributed by atoms with E-state index in [1.165, 1.54) is 5.56 Å². The van der Waals surface area contributed by atoms with Gasteiger partial charge in [-0.25, -0.2) is 0 Å². The van der Waals surface area contributed by atoms with Gasteiger partial charge < -0.3 is 5.11 Å². The first kappa shape index (κ1) is 11.7. The number of aliphatic hydroxyl groups excluding tert-OH is 1. The summed E-state index contributed by atoms with van der Waals surface area (Å²) >= 11 is 1.74. The molecule has 0 saturated carbocycles. The summed E-state index contributed by atoms with van der Waals surface area (Å²) in [4.78, 5) is 2.39. The van der Waals surface area contributed by atoms with E-state index in [9.17, 15) is 0 Å². The summed E-state index contributed by atoms with van der Waals surface area (Å²) in [7, 11) is 0. The highest BCUT2D eigenvalue weighted by Crippen LogP contribution is 2.11. The summed E-state index contributed by atoms with van der Waals surface area (Å²) in [5, 5.41) is 13.1. The van der Waals surface area contributed by atoms with Crippen molar-refractivity contribution in [2.75, 3.05) is 13.2 Å². The summed E-state index contributed by atoms with van der Waals surface area (Å²) < 4.78 is 0. The fraction of sp³-hybridized carbons (Fsp3) is 0.636. The van der Waals surface area contributed by atoms with E-state index in [0.29, 0.717) is 6.04 Å². The molecule has 0 amide bonds. The lowest BCUT2D eigenvalue weighted by atomic mass is 10.2. The Morgan fingerprint density at radius 3 is 2.79 bits per heavy atom. The topological polar surface area (TPSA) is 23.5 Å². The number of aliphatic hydroxyl groups is 1. The Morgan fingerprint density at radius 2 is 2.29 bits per heavy atom. The minimum Gasteiger partial charge on any atom is -0.396 e. The molecule has 3 heteroatoms. The molecule has 0 aliphatic rings. The molecule has 2 nitrogen and oxygen atoms in total. The van der Waals surface area contributed by atoms with Crippen LogP contribution in [-0.4, -0.2) is 29.2 Å². The van der Waals surface area contributed by atoms with Crippen LogP contribution < -0.4 is 0 Å². The molecule has 0 aliphatic carbocycles. The van der Waals surface area contributed by atoms with Gasteiger partial charge in [-0.05, 0) is 42.7 Å². The van der Waals surface area contributed by atoms with Gasteiger partial charge >= 0.3 is 0 Å². The van der Waals surface area contributed by atoms with Crippen LogP contribution in [0.4, 0.5) is 0 Å². The predicted molar refractivity (Wildman–Crippen MR) is 61.6 cm³/mol. The standard InChI is InChI=1S/C11H19NOS/c1-10(2)12(5-3-6-13)8-11-4-7-14-9-11/h4,7,9-10,13H,3,5-6,8H2,1-2H3. The van der Waals surface area contributed by atoms with Crippen LogP contribution in [0.15, 0.2) is 16.8 Å². The monoisotopic (exact) mass is 213 g/mol. The lowest BCUT2D eigenvalue weighted by Crippen LogP contribution is -2.31. The Bertz CT molecular complexity index is 233. The summed E-state index contributed by atoms with van der Waals surface area (Å²) in [6, 6.07) is 2.71. The van der Waals surface area contributed by atoms with Gasteiger partial charge in [0.05, 0.1) is 0 Å². The zero-order valence-corrected chi connectivity index (χ0v) is 9.76. The van der Waals surface area contributed by atoms with E-state index >= 15 is 0 Å². The molecule has 80 valence electrons. The first-order valence-corrected chi connectivity index (χ1v) is 6.04. The maximum Gasteiger partial charge on any atom is 0.0443 e. The largest absolute Gasteiger partial charge is 0.396 e. The van der Waals surface area contributed by atoms with Crippen LogP contribution in [0.1, 0.15) is 25.8 Å². The molecule has 0 bridgehead atoms. The average molecular weight is 213 g/mol. The molecule has 1 aromatic rings. The Kier molecular flexibility index (Phi) is 5.15. The molecule has 1 N–H and O–H groups in total. The smallest absolute Gasteiger partial charge is 0.0443 e. The van der Waals surface area contributed by atoms with Crippen molar-refractivity contribution >= 4 is 11.3 Å². The lowest BCUT2D eigenvalue weighted by molar-refractivity contribution is 0.185. The lowest BCUT2D eigenvalue weighted by Gasteiger charge is -2.25. The molecule has 0 unspecified atom stereocenters. The molecule has 14 heavy (non-hydrogen) atoms. The van der Waals surface area contributed by atoms with Crippen molar-refractivity contribution < 1.29 is 5.11 Å². The molecular formula is C11H19NOS. The van der Waals surface area contributed by atoms with Crippen LogP contribution in [0.25, 0.3) is 0 Å². The van der Waals surface area contributed by atoms with E-state index in [4.69, 9.17) is 5.11 Å². The van der Waals surface area contributed by atoms with E-state index in [1.54, 1.807) is 11.3 Å². The predicted octanol–water partition coefficient (Wildman–Crippen LogP) is 2.34. The van der Waals surface area contributed by atoms with Crippen LogP contribution in [0, 0.1) is 0 Å². The molecule has 0 aliphatic heterocycles. The third kappa shape index (κ3) is 3.78. The Hall–Kier alpha value is -0.380. The van der Waals surface area contributed by atoms with Gasteiger partial charge in [0.2, 0.25) is 0 Å². The van der Waals surface area contributed by atoms with Gasteiger partial charge in [-0.15, -0.1) is 0 Å².